The third-order valence-corrected chi connectivity index (χ3v) is 6.57. The Bertz CT molecular complexity index is 1110. The third-order valence-electron chi connectivity index (χ3n) is 3.92. The van der Waals surface area contributed by atoms with Crippen LogP contribution >= 0.6 is 46.3 Å². The van der Waals surface area contributed by atoms with E-state index < -0.39 is 0 Å². The number of amidine groups is 1. The SMILES string of the molecule is O=C1/C(=C/c2cccs2)S/C(=N/N=C\c2cccc(Cl)c2Cl)N1Cc1ccco1. The number of hydrogen-bond donors (Lipinski definition) is 0. The predicted octanol–water partition coefficient (Wildman–Crippen LogP) is 6.15. The van der Waals surface area contributed by atoms with Crippen LogP contribution in [0.4, 0.5) is 0 Å². The Kier molecular flexibility index (Phi) is 6.20. The number of benzene rings is 1. The van der Waals surface area contributed by atoms with Gasteiger partial charge in [-0.25, -0.2) is 0 Å². The van der Waals surface area contributed by atoms with Gasteiger partial charge in [-0.3, -0.25) is 9.69 Å². The number of nitrogens with zero attached hydrogens (tertiary/aromatic N) is 3. The van der Waals surface area contributed by atoms with E-state index in [1.807, 2.05) is 29.7 Å². The van der Waals surface area contributed by atoms with Gasteiger partial charge >= 0.3 is 0 Å². The van der Waals surface area contributed by atoms with E-state index in [-0.39, 0.29) is 12.5 Å². The van der Waals surface area contributed by atoms with Crippen molar-refractivity contribution in [1.29, 1.82) is 0 Å². The Hall–Kier alpha value is -2.32. The van der Waals surface area contributed by atoms with E-state index in [0.717, 1.165) is 4.88 Å². The lowest BCUT2D eigenvalue weighted by molar-refractivity contribution is -0.122. The van der Waals surface area contributed by atoms with Crippen molar-refractivity contribution in [3.05, 3.63) is 85.3 Å². The fraction of sp³-hybridized carbons (Fsp3) is 0.0500. The largest absolute Gasteiger partial charge is 0.467 e. The maximum absolute atomic E-state index is 12.9. The van der Waals surface area contributed by atoms with Crippen molar-refractivity contribution in [2.24, 2.45) is 10.2 Å². The van der Waals surface area contributed by atoms with Crippen molar-refractivity contribution in [2.45, 2.75) is 6.54 Å². The van der Waals surface area contributed by atoms with Crippen LogP contribution in [0.25, 0.3) is 6.08 Å². The average Bonchev–Trinajstić information content (AvgIpc) is 3.46. The van der Waals surface area contributed by atoms with Crippen LogP contribution in [0.1, 0.15) is 16.2 Å². The zero-order valence-electron chi connectivity index (χ0n) is 14.8. The van der Waals surface area contributed by atoms with E-state index in [1.54, 1.807) is 46.8 Å². The second kappa shape index (κ2) is 9.00. The summed E-state index contributed by atoms with van der Waals surface area (Å²) in [5.41, 5.74) is 0.643. The fourth-order valence-electron chi connectivity index (χ4n) is 2.54. The first-order valence-corrected chi connectivity index (χ1v) is 10.9. The number of halogens is 2. The highest BCUT2D eigenvalue weighted by molar-refractivity contribution is 8.18. The molecule has 1 amide bonds. The molecule has 9 heteroatoms. The minimum Gasteiger partial charge on any atom is -0.467 e. The van der Waals surface area contributed by atoms with Crippen LogP contribution in [-0.2, 0) is 11.3 Å². The molecule has 3 aromatic rings. The molecule has 1 aromatic carbocycles. The molecule has 0 bridgehead atoms. The summed E-state index contributed by atoms with van der Waals surface area (Å²) < 4.78 is 5.39. The van der Waals surface area contributed by atoms with Crippen LogP contribution in [0.15, 0.2) is 73.6 Å². The Morgan fingerprint density at radius 2 is 2.03 bits per heavy atom. The smallest absolute Gasteiger partial charge is 0.267 e. The molecule has 29 heavy (non-hydrogen) atoms. The molecule has 1 aliphatic rings. The standard InChI is InChI=1S/C20H13Cl2N3O2S2/c21-16-7-1-4-13(18(16)22)11-23-24-20-25(12-14-5-2-8-27-14)19(26)17(29-20)10-15-6-3-9-28-15/h1-11H,12H2/b17-10-,23-11-,24-20+. The van der Waals surface area contributed by atoms with Gasteiger partial charge < -0.3 is 4.42 Å². The number of amides is 1. The van der Waals surface area contributed by atoms with E-state index in [4.69, 9.17) is 27.6 Å². The third kappa shape index (κ3) is 4.64. The average molecular weight is 462 g/mol. The molecule has 0 atom stereocenters. The molecule has 0 spiro atoms. The van der Waals surface area contributed by atoms with Gasteiger partial charge in [0.15, 0.2) is 5.17 Å². The molecule has 3 heterocycles. The van der Waals surface area contributed by atoms with Crippen LogP contribution in [0.2, 0.25) is 10.0 Å². The summed E-state index contributed by atoms with van der Waals surface area (Å²) in [5, 5.41) is 11.6. The van der Waals surface area contributed by atoms with Gasteiger partial charge in [0.25, 0.3) is 5.91 Å². The van der Waals surface area contributed by atoms with Crippen molar-refractivity contribution >= 4 is 69.7 Å². The Morgan fingerprint density at radius 3 is 2.79 bits per heavy atom. The van der Waals surface area contributed by atoms with E-state index in [0.29, 0.717) is 31.4 Å². The first-order chi connectivity index (χ1) is 14.1. The lowest BCUT2D eigenvalue weighted by Gasteiger charge is -2.12. The van der Waals surface area contributed by atoms with Gasteiger partial charge in [0.2, 0.25) is 0 Å². The van der Waals surface area contributed by atoms with Crippen LogP contribution in [0.5, 0.6) is 0 Å². The summed E-state index contributed by atoms with van der Waals surface area (Å²) in [6, 6.07) is 12.8. The predicted molar refractivity (Wildman–Crippen MR) is 121 cm³/mol. The van der Waals surface area contributed by atoms with Crippen LogP contribution in [-0.4, -0.2) is 22.2 Å². The molecule has 1 fully saturated rings. The monoisotopic (exact) mass is 461 g/mol. The molecule has 1 saturated heterocycles. The highest BCUT2D eigenvalue weighted by Gasteiger charge is 2.34. The molecule has 4 rings (SSSR count). The fourth-order valence-corrected chi connectivity index (χ4v) is 4.56. The summed E-state index contributed by atoms with van der Waals surface area (Å²) in [6.07, 6.45) is 4.94. The maximum atomic E-state index is 12.9. The van der Waals surface area contributed by atoms with Gasteiger partial charge in [-0.15, -0.1) is 16.4 Å². The number of carbonyl (C=O) groups excluding carboxylic acids is 1. The summed E-state index contributed by atoms with van der Waals surface area (Å²) in [4.78, 5) is 16.0. The van der Waals surface area contributed by atoms with Gasteiger partial charge in [0, 0.05) is 10.4 Å². The Balaban J connectivity index is 1.62. The quantitative estimate of drug-likeness (QED) is 0.259. The summed E-state index contributed by atoms with van der Waals surface area (Å²) in [6.45, 7) is 0.271. The second-order valence-electron chi connectivity index (χ2n) is 5.87. The molecular formula is C20H13Cl2N3O2S2. The second-order valence-corrected chi connectivity index (χ2v) is 8.64. The molecule has 0 N–H and O–H groups in total. The molecule has 0 radical (unpaired) electrons. The number of furan rings is 1. The van der Waals surface area contributed by atoms with Gasteiger partial charge in [0.1, 0.15) is 5.76 Å². The Morgan fingerprint density at radius 1 is 1.14 bits per heavy atom. The van der Waals surface area contributed by atoms with Crippen LogP contribution in [0, 0.1) is 0 Å². The lowest BCUT2D eigenvalue weighted by Crippen LogP contribution is -2.28. The molecule has 0 saturated carbocycles. The summed E-state index contributed by atoms with van der Waals surface area (Å²) in [7, 11) is 0. The van der Waals surface area contributed by atoms with E-state index in [9.17, 15) is 4.79 Å². The van der Waals surface area contributed by atoms with Crippen molar-refractivity contribution < 1.29 is 9.21 Å². The van der Waals surface area contributed by atoms with E-state index in [1.165, 1.54) is 18.0 Å². The van der Waals surface area contributed by atoms with E-state index >= 15 is 0 Å². The topological polar surface area (TPSA) is 58.2 Å². The zero-order valence-corrected chi connectivity index (χ0v) is 17.9. The number of carbonyl (C=O) groups is 1. The molecule has 0 unspecified atom stereocenters. The van der Waals surface area contributed by atoms with Gasteiger partial charge in [-0.05, 0) is 47.5 Å². The molecule has 146 valence electrons. The number of hydrogen-bond acceptors (Lipinski definition) is 6. The highest BCUT2D eigenvalue weighted by Crippen LogP contribution is 2.34. The van der Waals surface area contributed by atoms with Crippen molar-refractivity contribution in [1.82, 2.24) is 4.90 Å². The minimum atomic E-state index is -0.144. The number of thioether (sulfide) groups is 1. The highest BCUT2D eigenvalue weighted by atomic mass is 35.5. The molecule has 5 nitrogen and oxygen atoms in total. The van der Waals surface area contributed by atoms with Crippen LogP contribution < -0.4 is 0 Å². The zero-order chi connectivity index (χ0) is 20.2. The molecular weight excluding hydrogens is 449 g/mol. The number of thiophene rings is 1. The van der Waals surface area contributed by atoms with Gasteiger partial charge in [0.05, 0.1) is 34.0 Å². The summed E-state index contributed by atoms with van der Waals surface area (Å²) >= 11 is 15.0. The maximum Gasteiger partial charge on any atom is 0.267 e. The first-order valence-electron chi connectivity index (χ1n) is 8.44. The minimum absolute atomic E-state index is 0.144. The lowest BCUT2D eigenvalue weighted by atomic mass is 10.2. The van der Waals surface area contributed by atoms with Crippen molar-refractivity contribution in [3.63, 3.8) is 0 Å². The first kappa shape index (κ1) is 20.0. The summed E-state index contributed by atoms with van der Waals surface area (Å²) in [5.74, 6) is 0.514. The Labute approximate surface area is 185 Å². The van der Waals surface area contributed by atoms with Gasteiger partial charge in [-0.2, -0.15) is 5.10 Å². The van der Waals surface area contributed by atoms with Gasteiger partial charge in [-0.1, -0.05) is 41.4 Å². The van der Waals surface area contributed by atoms with Crippen LogP contribution in [0.3, 0.4) is 0 Å². The number of rotatable bonds is 5. The van der Waals surface area contributed by atoms with E-state index in [2.05, 4.69) is 10.2 Å². The molecule has 0 aliphatic carbocycles. The normalized spacial score (nSPS) is 17.3. The van der Waals surface area contributed by atoms with Crippen molar-refractivity contribution in [3.8, 4) is 0 Å². The van der Waals surface area contributed by atoms with Crippen molar-refractivity contribution in [2.75, 3.05) is 0 Å². The molecule has 2 aromatic heterocycles. The molecule has 1 aliphatic heterocycles.